The van der Waals surface area contributed by atoms with Crippen LogP contribution in [-0.2, 0) is 22.5 Å². The number of hydrogen-bond acceptors (Lipinski definition) is 4. The highest BCUT2D eigenvalue weighted by atomic mass is 16.5. The number of aromatic nitrogens is 1. The van der Waals surface area contributed by atoms with E-state index in [1.165, 1.54) is 6.20 Å². The van der Waals surface area contributed by atoms with Gasteiger partial charge in [0, 0.05) is 30.2 Å². The lowest BCUT2D eigenvalue weighted by Gasteiger charge is -2.13. The van der Waals surface area contributed by atoms with Crippen LogP contribution >= 0.6 is 0 Å². The van der Waals surface area contributed by atoms with Crippen LogP contribution in [-0.4, -0.2) is 23.1 Å². The van der Waals surface area contributed by atoms with Crippen LogP contribution in [0.1, 0.15) is 36.2 Å². The molecule has 0 radical (unpaired) electrons. The molecule has 29 heavy (non-hydrogen) atoms. The normalized spacial score (nSPS) is 10.7. The molecule has 6 nitrogen and oxygen atoms in total. The molecule has 3 aromatic rings. The minimum absolute atomic E-state index is 0.00578. The van der Waals surface area contributed by atoms with Gasteiger partial charge >= 0.3 is 5.97 Å². The van der Waals surface area contributed by atoms with Crippen LogP contribution in [0.4, 0.5) is 5.69 Å². The fourth-order valence-electron chi connectivity index (χ4n) is 3.22. The number of esters is 1. The molecule has 0 unspecified atom stereocenters. The van der Waals surface area contributed by atoms with Gasteiger partial charge in [0.25, 0.3) is 0 Å². The van der Waals surface area contributed by atoms with Crippen molar-refractivity contribution in [1.82, 2.24) is 4.57 Å². The van der Waals surface area contributed by atoms with Gasteiger partial charge in [-0.15, -0.1) is 0 Å². The Labute approximate surface area is 169 Å². The molecule has 1 amide bonds. The Morgan fingerprint density at radius 2 is 1.83 bits per heavy atom. The van der Waals surface area contributed by atoms with Crippen molar-refractivity contribution in [3.63, 3.8) is 0 Å². The number of anilines is 1. The molecule has 3 rings (SSSR count). The van der Waals surface area contributed by atoms with Gasteiger partial charge in [-0.3, -0.25) is 9.59 Å². The van der Waals surface area contributed by atoms with Crippen LogP contribution in [0.25, 0.3) is 10.9 Å². The first-order chi connectivity index (χ1) is 14.0. The maximum Gasteiger partial charge on any atom is 0.343 e. The zero-order valence-electron chi connectivity index (χ0n) is 16.6. The summed E-state index contributed by atoms with van der Waals surface area (Å²) in [5.41, 5.74) is 1.91. The van der Waals surface area contributed by atoms with E-state index in [0.717, 1.165) is 5.56 Å². The summed E-state index contributed by atoms with van der Waals surface area (Å²) in [6.45, 7) is 4.41. The molecule has 1 aromatic heterocycles. The zero-order chi connectivity index (χ0) is 20.8. The van der Waals surface area contributed by atoms with E-state index in [2.05, 4.69) is 5.32 Å². The molecule has 0 bridgehead atoms. The summed E-state index contributed by atoms with van der Waals surface area (Å²) >= 11 is 0. The predicted molar refractivity (Wildman–Crippen MR) is 113 cm³/mol. The summed E-state index contributed by atoms with van der Waals surface area (Å²) in [4.78, 5) is 37.3. The predicted octanol–water partition coefficient (Wildman–Crippen LogP) is 3.77. The molecule has 0 aliphatic rings. The molecule has 2 aromatic carbocycles. The molecular weight excluding hydrogens is 368 g/mol. The number of nitrogens with one attached hydrogen (secondary N) is 1. The summed E-state index contributed by atoms with van der Waals surface area (Å²) in [6, 6.07) is 14.9. The molecule has 0 saturated heterocycles. The number of rotatable bonds is 7. The first kappa shape index (κ1) is 20.3. The van der Waals surface area contributed by atoms with Crippen LogP contribution in [0.3, 0.4) is 0 Å². The van der Waals surface area contributed by atoms with Gasteiger partial charge in [-0.25, -0.2) is 4.79 Å². The Morgan fingerprint density at radius 1 is 1.07 bits per heavy atom. The van der Waals surface area contributed by atoms with Crippen molar-refractivity contribution in [2.45, 2.75) is 33.2 Å². The summed E-state index contributed by atoms with van der Waals surface area (Å²) in [5.74, 6) is -0.774. The third kappa shape index (κ3) is 4.71. The molecule has 0 fully saturated rings. The molecule has 0 saturated carbocycles. The first-order valence-electron chi connectivity index (χ1n) is 9.71. The van der Waals surface area contributed by atoms with Gasteiger partial charge in [0.1, 0.15) is 5.56 Å². The number of hydrogen-bond donors (Lipinski definition) is 1. The number of benzene rings is 2. The number of nitrogens with zero attached hydrogens (tertiary/aromatic N) is 1. The van der Waals surface area contributed by atoms with Crippen molar-refractivity contribution >= 4 is 28.5 Å². The van der Waals surface area contributed by atoms with Gasteiger partial charge in [0.05, 0.1) is 12.1 Å². The molecule has 0 atom stereocenters. The summed E-state index contributed by atoms with van der Waals surface area (Å²) in [5, 5.41) is 3.21. The second-order valence-corrected chi connectivity index (χ2v) is 6.64. The molecule has 0 aliphatic carbocycles. The number of amides is 1. The highest BCUT2D eigenvalue weighted by molar-refractivity contribution is 5.97. The summed E-state index contributed by atoms with van der Waals surface area (Å²) in [7, 11) is 0. The van der Waals surface area contributed by atoms with Crippen LogP contribution in [0, 0.1) is 0 Å². The third-order valence-corrected chi connectivity index (χ3v) is 4.68. The Kier molecular flexibility index (Phi) is 6.44. The fourth-order valence-corrected chi connectivity index (χ4v) is 3.22. The Morgan fingerprint density at radius 3 is 2.52 bits per heavy atom. The number of fused-ring (bicyclic) bond motifs is 1. The first-order valence-corrected chi connectivity index (χ1v) is 9.71. The number of ether oxygens (including phenoxy) is 1. The van der Waals surface area contributed by atoms with Crippen molar-refractivity contribution in [3.05, 3.63) is 76.1 Å². The Bertz CT molecular complexity index is 1090. The lowest BCUT2D eigenvalue weighted by atomic mass is 10.1. The highest BCUT2D eigenvalue weighted by Crippen LogP contribution is 2.19. The average molecular weight is 392 g/mol. The minimum Gasteiger partial charge on any atom is -0.462 e. The van der Waals surface area contributed by atoms with E-state index >= 15 is 0 Å². The minimum atomic E-state index is -0.640. The van der Waals surface area contributed by atoms with Crippen molar-refractivity contribution in [3.8, 4) is 0 Å². The molecule has 150 valence electrons. The van der Waals surface area contributed by atoms with Crippen molar-refractivity contribution in [2.24, 2.45) is 0 Å². The van der Waals surface area contributed by atoms with E-state index in [4.69, 9.17) is 4.74 Å². The van der Waals surface area contributed by atoms with E-state index < -0.39 is 11.4 Å². The third-order valence-electron chi connectivity index (χ3n) is 4.68. The molecule has 1 N–H and O–H groups in total. The van der Waals surface area contributed by atoms with Crippen molar-refractivity contribution in [1.29, 1.82) is 0 Å². The lowest BCUT2D eigenvalue weighted by molar-refractivity contribution is -0.116. The van der Waals surface area contributed by atoms with Crippen LogP contribution in [0.15, 0.2) is 59.5 Å². The number of aryl methyl sites for hydroxylation is 2. The highest BCUT2D eigenvalue weighted by Gasteiger charge is 2.16. The largest absolute Gasteiger partial charge is 0.462 e. The van der Waals surface area contributed by atoms with E-state index in [1.807, 2.05) is 41.8 Å². The van der Waals surface area contributed by atoms with Gasteiger partial charge in [-0.1, -0.05) is 30.3 Å². The topological polar surface area (TPSA) is 77.4 Å². The number of carbonyl (C=O) groups excluding carboxylic acids is 2. The summed E-state index contributed by atoms with van der Waals surface area (Å²) in [6.07, 6.45) is 2.50. The van der Waals surface area contributed by atoms with E-state index in [0.29, 0.717) is 36.0 Å². The second-order valence-electron chi connectivity index (χ2n) is 6.64. The fraction of sp³-hybridized carbons (Fsp3) is 0.261. The SMILES string of the molecule is CCOC(=O)c1cn(CC)c2ccc(NC(=O)CCc3ccccc3)cc2c1=O. The number of pyridine rings is 1. The molecular formula is C23H24N2O4. The smallest absolute Gasteiger partial charge is 0.343 e. The van der Waals surface area contributed by atoms with Gasteiger partial charge < -0.3 is 14.6 Å². The monoisotopic (exact) mass is 392 g/mol. The summed E-state index contributed by atoms with van der Waals surface area (Å²) < 4.78 is 6.83. The van der Waals surface area contributed by atoms with Crippen LogP contribution in [0.5, 0.6) is 0 Å². The Hall–Kier alpha value is -3.41. The number of carbonyl (C=O) groups is 2. The average Bonchev–Trinajstić information content (AvgIpc) is 2.74. The van der Waals surface area contributed by atoms with Crippen LogP contribution < -0.4 is 10.7 Å². The Balaban J connectivity index is 1.86. The van der Waals surface area contributed by atoms with E-state index in [-0.39, 0.29) is 18.1 Å². The quantitative estimate of drug-likeness (QED) is 0.621. The molecule has 0 aliphatic heterocycles. The van der Waals surface area contributed by atoms with Gasteiger partial charge in [0.2, 0.25) is 11.3 Å². The van der Waals surface area contributed by atoms with Crippen molar-refractivity contribution in [2.75, 3.05) is 11.9 Å². The lowest BCUT2D eigenvalue weighted by Crippen LogP contribution is -2.21. The van der Waals surface area contributed by atoms with E-state index in [9.17, 15) is 14.4 Å². The standard InChI is InChI=1S/C23H24N2O4/c1-3-25-15-19(23(28)29-4-2)22(27)18-14-17(11-12-20(18)25)24-21(26)13-10-16-8-6-5-7-9-16/h5-9,11-12,14-15H,3-4,10,13H2,1-2H3,(H,24,26). The molecule has 6 heteroatoms. The molecule has 0 spiro atoms. The maximum atomic E-state index is 12.8. The second kappa shape index (κ2) is 9.19. The van der Waals surface area contributed by atoms with Gasteiger partial charge in [-0.2, -0.15) is 0 Å². The van der Waals surface area contributed by atoms with Gasteiger partial charge in [-0.05, 0) is 44.0 Å². The maximum absolute atomic E-state index is 12.8. The van der Waals surface area contributed by atoms with Gasteiger partial charge in [0.15, 0.2) is 0 Å². The van der Waals surface area contributed by atoms with E-state index in [1.54, 1.807) is 25.1 Å². The van der Waals surface area contributed by atoms with Crippen molar-refractivity contribution < 1.29 is 14.3 Å². The zero-order valence-corrected chi connectivity index (χ0v) is 16.6. The van der Waals surface area contributed by atoms with Crippen LogP contribution in [0.2, 0.25) is 0 Å². The molecule has 1 heterocycles.